The molecule has 2 aromatic heterocycles. The van der Waals surface area contributed by atoms with Crippen LogP contribution >= 0.6 is 0 Å². The standard InChI is InChI=1S/C12H11N3O4/c16-11(9-2-1-5-19-9)14-3-4-15-7-13-10(12(17)18)8(15)6-14/h1-2,5,7H,3-4,6H2,(H,17,18). The summed E-state index contributed by atoms with van der Waals surface area (Å²) in [5.41, 5.74) is 0.538. The Labute approximate surface area is 108 Å². The van der Waals surface area contributed by atoms with Crippen molar-refractivity contribution in [2.75, 3.05) is 6.54 Å². The van der Waals surface area contributed by atoms with E-state index in [-0.39, 0.29) is 23.9 Å². The van der Waals surface area contributed by atoms with Crippen molar-refractivity contribution in [3.05, 3.63) is 41.9 Å². The Morgan fingerprint density at radius 1 is 1.37 bits per heavy atom. The summed E-state index contributed by atoms with van der Waals surface area (Å²) in [6, 6.07) is 3.23. The third-order valence-corrected chi connectivity index (χ3v) is 3.12. The average Bonchev–Trinajstić information content (AvgIpc) is 3.06. The van der Waals surface area contributed by atoms with Crippen molar-refractivity contribution >= 4 is 11.9 Å². The number of carbonyl (C=O) groups is 2. The summed E-state index contributed by atoms with van der Waals surface area (Å²) in [4.78, 5) is 28.6. The van der Waals surface area contributed by atoms with Gasteiger partial charge in [-0.1, -0.05) is 0 Å². The number of carbonyl (C=O) groups excluding carboxylic acids is 1. The lowest BCUT2D eigenvalue weighted by atomic mass is 10.2. The van der Waals surface area contributed by atoms with E-state index in [0.29, 0.717) is 18.8 Å². The van der Waals surface area contributed by atoms with Crippen molar-refractivity contribution in [3.63, 3.8) is 0 Å². The maximum Gasteiger partial charge on any atom is 0.356 e. The van der Waals surface area contributed by atoms with Crippen molar-refractivity contribution in [1.29, 1.82) is 0 Å². The highest BCUT2D eigenvalue weighted by molar-refractivity contribution is 5.92. The van der Waals surface area contributed by atoms with Gasteiger partial charge in [0, 0.05) is 13.1 Å². The van der Waals surface area contributed by atoms with E-state index in [4.69, 9.17) is 9.52 Å². The average molecular weight is 261 g/mol. The Kier molecular flexibility index (Phi) is 2.59. The largest absolute Gasteiger partial charge is 0.476 e. The predicted octanol–water partition coefficient (Wildman–Crippen LogP) is 0.830. The van der Waals surface area contributed by atoms with Gasteiger partial charge in [-0.15, -0.1) is 0 Å². The molecule has 0 saturated heterocycles. The summed E-state index contributed by atoms with van der Waals surface area (Å²) in [5.74, 6) is -1.07. The maximum absolute atomic E-state index is 12.1. The summed E-state index contributed by atoms with van der Waals surface area (Å²) in [6.45, 7) is 1.26. The molecule has 2 aromatic rings. The zero-order valence-corrected chi connectivity index (χ0v) is 9.94. The molecule has 1 aliphatic heterocycles. The molecule has 19 heavy (non-hydrogen) atoms. The van der Waals surface area contributed by atoms with Gasteiger partial charge >= 0.3 is 5.97 Å². The number of carboxylic acid groups (broad SMARTS) is 1. The van der Waals surface area contributed by atoms with Gasteiger partial charge < -0.3 is 19.0 Å². The van der Waals surface area contributed by atoms with Gasteiger partial charge in [-0.05, 0) is 12.1 Å². The minimum atomic E-state index is -1.08. The Hall–Kier alpha value is -2.57. The zero-order valence-electron chi connectivity index (χ0n) is 9.94. The predicted molar refractivity (Wildman–Crippen MR) is 62.6 cm³/mol. The molecular weight excluding hydrogens is 250 g/mol. The highest BCUT2D eigenvalue weighted by Crippen LogP contribution is 2.18. The van der Waals surface area contributed by atoms with Crippen LogP contribution in [0.2, 0.25) is 0 Å². The van der Waals surface area contributed by atoms with Crippen LogP contribution in [0.5, 0.6) is 0 Å². The van der Waals surface area contributed by atoms with E-state index in [0.717, 1.165) is 0 Å². The molecular formula is C12H11N3O4. The van der Waals surface area contributed by atoms with Crippen LogP contribution < -0.4 is 0 Å². The Bertz CT molecular complexity index is 629. The van der Waals surface area contributed by atoms with Crippen molar-refractivity contribution in [2.45, 2.75) is 13.1 Å². The molecule has 1 N–H and O–H groups in total. The topological polar surface area (TPSA) is 88.6 Å². The molecule has 0 unspecified atom stereocenters. The second-order valence-electron chi connectivity index (χ2n) is 4.24. The number of furan rings is 1. The summed E-state index contributed by atoms with van der Waals surface area (Å²) >= 11 is 0. The second kappa shape index (κ2) is 4.27. The normalized spacial score (nSPS) is 14.2. The number of hydrogen-bond donors (Lipinski definition) is 1. The first-order chi connectivity index (χ1) is 9.16. The summed E-state index contributed by atoms with van der Waals surface area (Å²) in [6.07, 6.45) is 2.93. The van der Waals surface area contributed by atoms with Crippen LogP contribution in [0.25, 0.3) is 0 Å². The Morgan fingerprint density at radius 2 is 2.21 bits per heavy atom. The van der Waals surface area contributed by atoms with Gasteiger partial charge in [0.05, 0.1) is 24.8 Å². The van der Waals surface area contributed by atoms with E-state index in [2.05, 4.69) is 4.98 Å². The number of rotatable bonds is 2. The highest BCUT2D eigenvalue weighted by atomic mass is 16.4. The number of nitrogens with zero attached hydrogens (tertiary/aromatic N) is 3. The van der Waals surface area contributed by atoms with E-state index < -0.39 is 5.97 Å². The van der Waals surface area contributed by atoms with Gasteiger partial charge in [-0.2, -0.15) is 0 Å². The molecule has 98 valence electrons. The molecule has 3 heterocycles. The van der Waals surface area contributed by atoms with Crippen molar-refractivity contribution in [3.8, 4) is 0 Å². The fraction of sp³-hybridized carbons (Fsp3) is 0.250. The minimum absolute atomic E-state index is 0.00283. The number of aromatic nitrogens is 2. The van der Waals surface area contributed by atoms with Gasteiger partial charge in [0.15, 0.2) is 11.5 Å². The summed E-state index contributed by atoms with van der Waals surface area (Å²) < 4.78 is 6.82. The molecule has 0 bridgehead atoms. The van der Waals surface area contributed by atoms with Crippen molar-refractivity contribution < 1.29 is 19.1 Å². The van der Waals surface area contributed by atoms with E-state index in [1.807, 2.05) is 0 Å². The van der Waals surface area contributed by atoms with Crippen LogP contribution in [0.1, 0.15) is 26.7 Å². The summed E-state index contributed by atoms with van der Waals surface area (Å²) in [5, 5.41) is 9.04. The number of imidazole rings is 1. The van der Waals surface area contributed by atoms with E-state index in [1.165, 1.54) is 12.6 Å². The van der Waals surface area contributed by atoms with E-state index in [9.17, 15) is 9.59 Å². The van der Waals surface area contributed by atoms with Crippen molar-refractivity contribution in [2.24, 2.45) is 0 Å². The molecule has 1 amide bonds. The number of fused-ring (bicyclic) bond motifs is 1. The van der Waals surface area contributed by atoms with Crippen LogP contribution in [0.3, 0.4) is 0 Å². The molecule has 1 aliphatic rings. The van der Waals surface area contributed by atoms with Gasteiger partial charge in [0.2, 0.25) is 0 Å². The minimum Gasteiger partial charge on any atom is -0.476 e. The molecule has 3 rings (SSSR count). The van der Waals surface area contributed by atoms with Crippen LogP contribution in [-0.4, -0.2) is 38.0 Å². The molecule has 0 fully saturated rings. The first kappa shape index (κ1) is 11.5. The number of aromatic carboxylic acids is 1. The molecule has 0 aliphatic carbocycles. The van der Waals surface area contributed by atoms with Crippen LogP contribution in [0.15, 0.2) is 29.1 Å². The third kappa shape index (κ3) is 1.88. The number of hydrogen-bond acceptors (Lipinski definition) is 4. The van der Waals surface area contributed by atoms with Crippen LogP contribution in [-0.2, 0) is 13.1 Å². The van der Waals surface area contributed by atoms with E-state index >= 15 is 0 Å². The molecule has 7 heteroatoms. The number of carboxylic acids is 1. The molecule has 7 nitrogen and oxygen atoms in total. The highest BCUT2D eigenvalue weighted by Gasteiger charge is 2.27. The Morgan fingerprint density at radius 3 is 2.89 bits per heavy atom. The summed E-state index contributed by atoms with van der Waals surface area (Å²) in [7, 11) is 0. The van der Waals surface area contributed by atoms with Gasteiger partial charge in [0.1, 0.15) is 0 Å². The fourth-order valence-corrected chi connectivity index (χ4v) is 2.16. The molecule has 0 spiro atoms. The molecule has 0 radical (unpaired) electrons. The maximum atomic E-state index is 12.1. The zero-order chi connectivity index (χ0) is 13.4. The van der Waals surface area contributed by atoms with Crippen LogP contribution in [0, 0.1) is 0 Å². The van der Waals surface area contributed by atoms with E-state index in [1.54, 1.807) is 21.6 Å². The monoisotopic (exact) mass is 261 g/mol. The molecule has 0 saturated carbocycles. The first-order valence-corrected chi connectivity index (χ1v) is 5.77. The SMILES string of the molecule is O=C(O)c1ncn2c1CN(C(=O)c1ccco1)CC2. The number of amides is 1. The molecule has 0 aromatic carbocycles. The lowest BCUT2D eigenvalue weighted by molar-refractivity contribution is 0.0649. The first-order valence-electron chi connectivity index (χ1n) is 5.77. The van der Waals surface area contributed by atoms with Crippen LogP contribution in [0.4, 0.5) is 0 Å². The van der Waals surface area contributed by atoms with Gasteiger partial charge in [0.25, 0.3) is 5.91 Å². The lowest BCUT2D eigenvalue weighted by Gasteiger charge is -2.27. The molecule has 0 atom stereocenters. The fourth-order valence-electron chi connectivity index (χ4n) is 2.16. The lowest BCUT2D eigenvalue weighted by Crippen LogP contribution is -2.38. The third-order valence-electron chi connectivity index (χ3n) is 3.12. The van der Waals surface area contributed by atoms with Gasteiger partial charge in [-0.25, -0.2) is 9.78 Å². The van der Waals surface area contributed by atoms with Gasteiger partial charge in [-0.3, -0.25) is 4.79 Å². The quantitative estimate of drug-likeness (QED) is 0.865. The smallest absolute Gasteiger partial charge is 0.356 e. The second-order valence-corrected chi connectivity index (χ2v) is 4.24. The van der Waals surface area contributed by atoms with Crippen molar-refractivity contribution in [1.82, 2.24) is 14.5 Å². The Balaban J connectivity index is 1.87.